The predicted molar refractivity (Wildman–Crippen MR) is 70.2 cm³/mol. The first-order valence-electron chi connectivity index (χ1n) is 4.66. The second-order valence-electron chi connectivity index (χ2n) is 3.15. The van der Waals surface area contributed by atoms with E-state index in [0.29, 0.717) is 15.9 Å². The molecule has 1 heterocycles. The van der Waals surface area contributed by atoms with Gasteiger partial charge in [-0.25, -0.2) is 0 Å². The zero-order valence-electron chi connectivity index (χ0n) is 8.75. The minimum Gasteiger partial charge on any atom is -0.481 e. The number of aromatic nitrogens is 4. The molecule has 0 radical (unpaired) electrons. The summed E-state index contributed by atoms with van der Waals surface area (Å²) in [4.78, 5) is 10.5. The van der Waals surface area contributed by atoms with Gasteiger partial charge in [-0.05, 0) is 44.6 Å². The molecule has 0 unspecified atom stereocenters. The van der Waals surface area contributed by atoms with Gasteiger partial charge in [0.15, 0.2) is 0 Å². The summed E-state index contributed by atoms with van der Waals surface area (Å²) < 4.78 is 2.19. The lowest BCUT2D eigenvalue weighted by Crippen LogP contribution is -2.03. The lowest BCUT2D eigenvalue weighted by Gasteiger charge is -2.06. The van der Waals surface area contributed by atoms with Crippen molar-refractivity contribution in [2.45, 2.75) is 5.16 Å². The van der Waals surface area contributed by atoms with Gasteiger partial charge in [-0.2, -0.15) is 4.68 Å². The Balaban J connectivity index is 2.36. The molecule has 94 valence electrons. The number of carboxylic acids is 1. The highest BCUT2D eigenvalue weighted by atomic mass is 79.9. The van der Waals surface area contributed by atoms with Crippen LogP contribution in [0.15, 0.2) is 27.8 Å². The molecule has 1 N–H and O–H groups in total. The maximum absolute atomic E-state index is 10.5. The molecular formula is C9H6BrClN4O2S. The van der Waals surface area contributed by atoms with Gasteiger partial charge < -0.3 is 5.11 Å². The van der Waals surface area contributed by atoms with Crippen molar-refractivity contribution in [3.8, 4) is 5.69 Å². The molecule has 0 spiro atoms. The number of hydrogen-bond donors (Lipinski definition) is 1. The first kappa shape index (κ1) is 13.3. The largest absolute Gasteiger partial charge is 0.481 e. The molecule has 0 fully saturated rings. The van der Waals surface area contributed by atoms with E-state index in [1.54, 1.807) is 18.2 Å². The molecule has 0 saturated carbocycles. The van der Waals surface area contributed by atoms with E-state index in [2.05, 4.69) is 31.5 Å². The second-order valence-corrected chi connectivity index (χ2v) is 5.38. The van der Waals surface area contributed by atoms with Gasteiger partial charge in [0, 0.05) is 9.50 Å². The first-order chi connectivity index (χ1) is 8.58. The van der Waals surface area contributed by atoms with Crippen LogP contribution in [-0.2, 0) is 4.79 Å². The van der Waals surface area contributed by atoms with E-state index in [4.69, 9.17) is 16.7 Å². The molecule has 6 nitrogen and oxygen atoms in total. The fourth-order valence-electron chi connectivity index (χ4n) is 1.19. The van der Waals surface area contributed by atoms with Gasteiger partial charge in [-0.15, -0.1) is 5.10 Å². The molecule has 1 aromatic carbocycles. The normalized spacial score (nSPS) is 10.6. The summed E-state index contributed by atoms with van der Waals surface area (Å²) in [5.74, 6) is -1.04. The van der Waals surface area contributed by atoms with Gasteiger partial charge in [0.05, 0.1) is 11.4 Å². The van der Waals surface area contributed by atoms with Gasteiger partial charge in [-0.1, -0.05) is 23.4 Å². The van der Waals surface area contributed by atoms with E-state index >= 15 is 0 Å². The van der Waals surface area contributed by atoms with Gasteiger partial charge in [0.25, 0.3) is 0 Å². The topological polar surface area (TPSA) is 80.9 Å². The Morgan fingerprint density at radius 2 is 2.33 bits per heavy atom. The van der Waals surface area contributed by atoms with Crippen molar-refractivity contribution < 1.29 is 9.90 Å². The van der Waals surface area contributed by atoms with Crippen LogP contribution in [0.2, 0.25) is 5.02 Å². The Morgan fingerprint density at radius 1 is 1.56 bits per heavy atom. The maximum atomic E-state index is 10.5. The summed E-state index contributed by atoms with van der Waals surface area (Å²) in [6.45, 7) is 0. The van der Waals surface area contributed by atoms with Crippen LogP contribution in [0.4, 0.5) is 0 Å². The molecule has 0 amide bonds. The third kappa shape index (κ3) is 3.01. The molecule has 0 aliphatic heterocycles. The number of halogens is 2. The van der Waals surface area contributed by atoms with Gasteiger partial charge in [-0.3, -0.25) is 4.79 Å². The summed E-state index contributed by atoms with van der Waals surface area (Å²) in [6, 6.07) is 5.18. The van der Waals surface area contributed by atoms with E-state index in [-0.39, 0.29) is 5.75 Å². The highest BCUT2D eigenvalue weighted by Gasteiger charge is 2.13. The van der Waals surface area contributed by atoms with Crippen LogP contribution in [0.5, 0.6) is 0 Å². The number of hydrogen-bond acceptors (Lipinski definition) is 5. The smallest absolute Gasteiger partial charge is 0.313 e. The minimum atomic E-state index is -0.931. The number of tetrazole rings is 1. The average molecular weight is 350 g/mol. The van der Waals surface area contributed by atoms with Crippen LogP contribution in [0.1, 0.15) is 0 Å². The van der Waals surface area contributed by atoms with Crippen LogP contribution in [0, 0.1) is 0 Å². The lowest BCUT2D eigenvalue weighted by atomic mass is 10.3. The standard InChI is InChI=1S/C9H6BrClN4O2S/c10-6-2-1-5(11)3-7(6)15-9(12-13-14-15)18-4-8(16)17/h1-3H,4H2,(H,16,17). The first-order valence-corrected chi connectivity index (χ1v) is 6.82. The minimum absolute atomic E-state index is 0.113. The number of carboxylic acid groups (broad SMARTS) is 1. The summed E-state index contributed by atoms with van der Waals surface area (Å²) in [6.07, 6.45) is 0. The Labute approximate surface area is 119 Å². The highest BCUT2D eigenvalue weighted by molar-refractivity contribution is 9.10. The lowest BCUT2D eigenvalue weighted by molar-refractivity contribution is -0.133. The molecule has 1 aromatic heterocycles. The molecule has 2 rings (SSSR count). The number of aliphatic carboxylic acids is 1. The summed E-state index contributed by atoms with van der Waals surface area (Å²) in [5.41, 5.74) is 0.653. The van der Waals surface area contributed by atoms with Crippen molar-refractivity contribution in [1.82, 2.24) is 20.2 Å². The molecule has 18 heavy (non-hydrogen) atoms. The monoisotopic (exact) mass is 348 g/mol. The number of carbonyl (C=O) groups is 1. The maximum Gasteiger partial charge on any atom is 0.313 e. The second kappa shape index (κ2) is 5.68. The molecule has 0 bridgehead atoms. The van der Waals surface area contributed by atoms with Crippen molar-refractivity contribution in [1.29, 1.82) is 0 Å². The molecule has 0 atom stereocenters. The summed E-state index contributed by atoms with van der Waals surface area (Å²) in [7, 11) is 0. The Bertz CT molecular complexity index is 592. The summed E-state index contributed by atoms with van der Waals surface area (Å²) >= 11 is 10.3. The third-order valence-electron chi connectivity index (χ3n) is 1.90. The van der Waals surface area contributed by atoms with Gasteiger partial charge in [0.2, 0.25) is 5.16 Å². The molecule has 0 aliphatic rings. The Hall–Kier alpha value is -1.12. The van der Waals surface area contributed by atoms with Crippen LogP contribution >= 0.6 is 39.3 Å². The SMILES string of the molecule is O=C(O)CSc1nnnn1-c1cc(Cl)ccc1Br. The zero-order valence-corrected chi connectivity index (χ0v) is 11.9. The average Bonchev–Trinajstić information content (AvgIpc) is 2.77. The van der Waals surface area contributed by atoms with Crippen molar-refractivity contribution in [3.63, 3.8) is 0 Å². The van der Waals surface area contributed by atoms with Crippen LogP contribution in [-0.4, -0.2) is 37.0 Å². The van der Waals surface area contributed by atoms with Crippen LogP contribution < -0.4 is 0 Å². The number of benzene rings is 1. The third-order valence-corrected chi connectivity index (χ3v) is 3.71. The van der Waals surface area contributed by atoms with E-state index < -0.39 is 5.97 Å². The molecule has 2 aromatic rings. The number of nitrogens with zero attached hydrogens (tertiary/aromatic N) is 4. The number of thioether (sulfide) groups is 1. The van der Waals surface area contributed by atoms with Gasteiger partial charge in [0.1, 0.15) is 0 Å². The zero-order chi connectivity index (χ0) is 13.1. The van der Waals surface area contributed by atoms with Crippen molar-refractivity contribution in [3.05, 3.63) is 27.7 Å². The van der Waals surface area contributed by atoms with Crippen molar-refractivity contribution in [2.75, 3.05) is 5.75 Å². The van der Waals surface area contributed by atoms with Gasteiger partial charge >= 0.3 is 5.97 Å². The Kier molecular flexibility index (Phi) is 4.20. The molecule has 9 heteroatoms. The van der Waals surface area contributed by atoms with E-state index in [1.165, 1.54) is 4.68 Å². The predicted octanol–water partition coefficient (Wildman–Crippen LogP) is 2.25. The fraction of sp³-hybridized carbons (Fsp3) is 0.111. The summed E-state index contributed by atoms with van der Waals surface area (Å²) in [5, 5.41) is 20.7. The van der Waals surface area contributed by atoms with Crippen LogP contribution in [0.3, 0.4) is 0 Å². The quantitative estimate of drug-likeness (QED) is 0.853. The van der Waals surface area contributed by atoms with E-state index in [1.807, 2.05) is 0 Å². The van der Waals surface area contributed by atoms with Crippen molar-refractivity contribution in [2.24, 2.45) is 0 Å². The molecule has 0 saturated heterocycles. The Morgan fingerprint density at radius 3 is 3.06 bits per heavy atom. The molecular weight excluding hydrogens is 344 g/mol. The highest BCUT2D eigenvalue weighted by Crippen LogP contribution is 2.27. The van der Waals surface area contributed by atoms with Crippen LogP contribution in [0.25, 0.3) is 5.69 Å². The number of rotatable bonds is 4. The fourth-order valence-corrected chi connectivity index (χ4v) is 2.38. The van der Waals surface area contributed by atoms with Crippen molar-refractivity contribution >= 4 is 45.3 Å². The van der Waals surface area contributed by atoms with E-state index in [9.17, 15) is 4.79 Å². The van der Waals surface area contributed by atoms with E-state index in [0.717, 1.165) is 16.2 Å². The molecule has 0 aliphatic carbocycles.